The highest BCUT2D eigenvalue weighted by Gasteiger charge is 2.25. The molecule has 3 aromatic rings. The van der Waals surface area contributed by atoms with E-state index in [9.17, 15) is 14.4 Å². The number of benzene rings is 1. The fourth-order valence-electron chi connectivity index (χ4n) is 4.05. The standard InChI is InChI=1S/C27H30N6O3S/c1-4-7-25(35)32-10-12-33(13-11-32)26(36)20-15-22(19-8-6-9-21(14-19)29-24(34)5-2)30-23(16-20)31-27-28-17-18(3)37-27/h5-6,8-9,14-17H,2,4,7,10-13H2,1,3H3,(H,29,34)(H,28,30,31). The summed E-state index contributed by atoms with van der Waals surface area (Å²) >= 11 is 1.49. The van der Waals surface area contributed by atoms with E-state index in [0.717, 1.165) is 16.9 Å². The largest absolute Gasteiger partial charge is 0.339 e. The van der Waals surface area contributed by atoms with E-state index >= 15 is 0 Å². The molecule has 0 unspecified atom stereocenters. The van der Waals surface area contributed by atoms with Crippen LogP contribution in [0.5, 0.6) is 0 Å². The molecule has 0 aliphatic carbocycles. The summed E-state index contributed by atoms with van der Waals surface area (Å²) in [5.41, 5.74) is 2.39. The predicted molar refractivity (Wildman–Crippen MR) is 146 cm³/mol. The molecule has 0 bridgehead atoms. The van der Waals surface area contributed by atoms with E-state index in [1.165, 1.54) is 17.4 Å². The Bertz CT molecular complexity index is 1310. The molecule has 1 saturated heterocycles. The Kier molecular flexibility index (Phi) is 8.29. The molecule has 192 valence electrons. The number of aromatic nitrogens is 2. The van der Waals surface area contributed by atoms with E-state index in [0.29, 0.717) is 60.5 Å². The highest BCUT2D eigenvalue weighted by atomic mass is 32.1. The van der Waals surface area contributed by atoms with Crippen LogP contribution in [0.4, 0.5) is 16.6 Å². The summed E-state index contributed by atoms with van der Waals surface area (Å²) in [6.45, 7) is 9.44. The van der Waals surface area contributed by atoms with Crippen molar-refractivity contribution in [3.8, 4) is 11.3 Å². The summed E-state index contributed by atoms with van der Waals surface area (Å²) in [6.07, 6.45) is 4.32. The van der Waals surface area contributed by atoms with Crippen LogP contribution in [0.3, 0.4) is 0 Å². The van der Waals surface area contributed by atoms with Crippen LogP contribution in [0.25, 0.3) is 11.3 Å². The lowest BCUT2D eigenvalue weighted by Crippen LogP contribution is -2.50. The summed E-state index contributed by atoms with van der Waals surface area (Å²) in [7, 11) is 0. The Morgan fingerprint density at radius 2 is 1.86 bits per heavy atom. The molecule has 1 aliphatic rings. The van der Waals surface area contributed by atoms with E-state index in [2.05, 4.69) is 22.2 Å². The summed E-state index contributed by atoms with van der Waals surface area (Å²) in [5, 5.41) is 6.65. The number of hydrogen-bond donors (Lipinski definition) is 2. The van der Waals surface area contributed by atoms with Gasteiger partial charge in [-0.15, -0.1) is 11.3 Å². The summed E-state index contributed by atoms with van der Waals surface area (Å²) in [5.74, 6) is 0.190. The highest BCUT2D eigenvalue weighted by molar-refractivity contribution is 7.15. The van der Waals surface area contributed by atoms with Crippen LogP contribution in [0, 0.1) is 6.92 Å². The minimum atomic E-state index is -0.313. The van der Waals surface area contributed by atoms with Crippen LogP contribution < -0.4 is 10.6 Å². The average Bonchev–Trinajstić information content (AvgIpc) is 3.32. The van der Waals surface area contributed by atoms with Gasteiger partial charge in [-0.2, -0.15) is 0 Å². The van der Waals surface area contributed by atoms with E-state index in [1.54, 1.807) is 35.4 Å². The van der Waals surface area contributed by atoms with Gasteiger partial charge in [0.1, 0.15) is 5.82 Å². The number of rotatable bonds is 8. The molecule has 0 spiro atoms. The lowest BCUT2D eigenvalue weighted by Gasteiger charge is -2.35. The average molecular weight is 519 g/mol. The number of carbonyl (C=O) groups is 3. The first kappa shape index (κ1) is 26.0. The number of pyridine rings is 1. The van der Waals surface area contributed by atoms with Crippen molar-refractivity contribution in [1.82, 2.24) is 19.8 Å². The molecule has 9 nitrogen and oxygen atoms in total. The molecule has 37 heavy (non-hydrogen) atoms. The molecule has 3 amide bonds. The first-order chi connectivity index (χ1) is 17.9. The lowest BCUT2D eigenvalue weighted by molar-refractivity contribution is -0.132. The lowest BCUT2D eigenvalue weighted by atomic mass is 10.1. The third kappa shape index (κ3) is 6.59. The first-order valence-corrected chi connectivity index (χ1v) is 13.0. The summed E-state index contributed by atoms with van der Waals surface area (Å²) < 4.78 is 0. The van der Waals surface area contributed by atoms with Gasteiger partial charge in [0.2, 0.25) is 11.8 Å². The maximum Gasteiger partial charge on any atom is 0.254 e. The van der Waals surface area contributed by atoms with E-state index < -0.39 is 0 Å². The number of nitrogens with one attached hydrogen (secondary N) is 2. The number of aryl methyl sites for hydroxylation is 1. The molecule has 0 radical (unpaired) electrons. The van der Waals surface area contributed by atoms with Gasteiger partial charge in [0.05, 0.1) is 5.69 Å². The molecule has 2 aromatic heterocycles. The molecule has 1 fully saturated rings. The van der Waals surface area contributed by atoms with E-state index in [1.807, 2.05) is 30.9 Å². The van der Waals surface area contributed by atoms with Gasteiger partial charge < -0.3 is 20.4 Å². The van der Waals surface area contributed by atoms with Gasteiger partial charge in [0.15, 0.2) is 5.13 Å². The van der Waals surface area contributed by atoms with Gasteiger partial charge >= 0.3 is 0 Å². The predicted octanol–water partition coefficient (Wildman–Crippen LogP) is 4.47. The maximum atomic E-state index is 13.5. The molecule has 4 rings (SSSR count). The third-order valence-corrected chi connectivity index (χ3v) is 6.75. The Labute approximate surface area is 220 Å². The highest BCUT2D eigenvalue weighted by Crippen LogP contribution is 2.28. The van der Waals surface area contributed by atoms with Crippen LogP contribution in [-0.2, 0) is 9.59 Å². The normalized spacial score (nSPS) is 13.2. The van der Waals surface area contributed by atoms with Crippen LogP contribution >= 0.6 is 11.3 Å². The zero-order valence-corrected chi connectivity index (χ0v) is 21.8. The second kappa shape index (κ2) is 11.8. The quantitative estimate of drug-likeness (QED) is 0.426. The fourth-order valence-corrected chi connectivity index (χ4v) is 4.72. The van der Waals surface area contributed by atoms with Crippen molar-refractivity contribution in [1.29, 1.82) is 0 Å². The second-order valence-corrected chi connectivity index (χ2v) is 9.96. The Morgan fingerprint density at radius 3 is 2.54 bits per heavy atom. The van der Waals surface area contributed by atoms with E-state index in [-0.39, 0.29) is 17.7 Å². The van der Waals surface area contributed by atoms with Crippen molar-refractivity contribution in [2.45, 2.75) is 26.7 Å². The van der Waals surface area contributed by atoms with Crippen LogP contribution in [0.1, 0.15) is 35.0 Å². The van der Waals surface area contributed by atoms with Gasteiger partial charge in [0, 0.05) is 60.5 Å². The van der Waals surface area contributed by atoms with Crippen molar-refractivity contribution >= 4 is 45.7 Å². The molecule has 0 saturated carbocycles. The Hall–Kier alpha value is -4.05. The molecule has 1 aliphatic heterocycles. The van der Waals surface area contributed by atoms with Gasteiger partial charge in [0.25, 0.3) is 5.91 Å². The number of nitrogens with zero attached hydrogens (tertiary/aromatic N) is 4. The van der Waals surface area contributed by atoms with Crippen molar-refractivity contribution in [2.75, 3.05) is 36.8 Å². The number of amides is 3. The molecule has 10 heteroatoms. The molecule has 3 heterocycles. The van der Waals surface area contributed by atoms with Crippen LogP contribution in [-0.4, -0.2) is 63.7 Å². The number of hydrogen-bond acceptors (Lipinski definition) is 7. The Morgan fingerprint density at radius 1 is 1.11 bits per heavy atom. The molecular weight excluding hydrogens is 488 g/mol. The Balaban J connectivity index is 1.62. The number of anilines is 3. The van der Waals surface area contributed by atoms with Crippen molar-refractivity contribution in [3.05, 3.63) is 65.7 Å². The topological polar surface area (TPSA) is 108 Å². The molecule has 0 atom stereocenters. The van der Waals surface area contributed by atoms with Crippen molar-refractivity contribution in [2.24, 2.45) is 0 Å². The SMILES string of the molecule is C=CC(=O)Nc1cccc(-c2cc(C(=O)N3CCN(C(=O)CCC)CC3)cc(Nc3ncc(C)s3)n2)c1. The minimum absolute atomic E-state index is 0.124. The molecule has 1 aromatic carbocycles. The minimum Gasteiger partial charge on any atom is -0.339 e. The first-order valence-electron chi connectivity index (χ1n) is 12.2. The van der Waals surface area contributed by atoms with Crippen LogP contribution in [0.15, 0.2) is 55.3 Å². The van der Waals surface area contributed by atoms with Crippen LogP contribution in [0.2, 0.25) is 0 Å². The summed E-state index contributed by atoms with van der Waals surface area (Å²) in [4.78, 5) is 51.3. The second-order valence-electron chi connectivity index (χ2n) is 8.72. The molecular formula is C27H30N6O3S. The smallest absolute Gasteiger partial charge is 0.254 e. The number of carbonyl (C=O) groups excluding carboxylic acids is 3. The number of piperazine rings is 1. The van der Waals surface area contributed by atoms with Gasteiger partial charge in [-0.05, 0) is 43.7 Å². The zero-order chi connectivity index (χ0) is 26.4. The molecule has 2 N–H and O–H groups in total. The van der Waals surface area contributed by atoms with Crippen molar-refractivity contribution in [3.63, 3.8) is 0 Å². The fraction of sp³-hybridized carbons (Fsp3) is 0.296. The number of thiazole rings is 1. The monoisotopic (exact) mass is 518 g/mol. The van der Waals surface area contributed by atoms with Crippen molar-refractivity contribution < 1.29 is 14.4 Å². The third-order valence-electron chi connectivity index (χ3n) is 5.92. The maximum absolute atomic E-state index is 13.5. The zero-order valence-electron chi connectivity index (χ0n) is 21.0. The van der Waals surface area contributed by atoms with Gasteiger partial charge in [-0.3, -0.25) is 14.4 Å². The van der Waals surface area contributed by atoms with E-state index in [4.69, 9.17) is 4.98 Å². The van der Waals surface area contributed by atoms with Gasteiger partial charge in [-0.25, -0.2) is 9.97 Å². The summed E-state index contributed by atoms with van der Waals surface area (Å²) in [6, 6.07) is 10.7. The van der Waals surface area contributed by atoms with Gasteiger partial charge in [-0.1, -0.05) is 25.6 Å².